The summed E-state index contributed by atoms with van der Waals surface area (Å²) < 4.78 is 0. The number of aromatic amines is 1. The van der Waals surface area contributed by atoms with Crippen molar-refractivity contribution in [3.05, 3.63) is 34.5 Å². The molecular weight excluding hydrogens is 302 g/mol. The van der Waals surface area contributed by atoms with Crippen LogP contribution >= 0.6 is 0 Å². The predicted octanol–water partition coefficient (Wildman–Crippen LogP) is 2.69. The van der Waals surface area contributed by atoms with Crippen molar-refractivity contribution in [3.63, 3.8) is 0 Å². The van der Waals surface area contributed by atoms with Crippen molar-refractivity contribution in [3.8, 4) is 0 Å². The van der Waals surface area contributed by atoms with Crippen LogP contribution in [0.5, 0.6) is 0 Å². The van der Waals surface area contributed by atoms with Crippen LogP contribution in [0, 0.1) is 26.7 Å². The highest BCUT2D eigenvalue weighted by atomic mass is 16.2. The molecule has 0 saturated carbocycles. The summed E-state index contributed by atoms with van der Waals surface area (Å²) in [5.41, 5.74) is 4.85. The summed E-state index contributed by atoms with van der Waals surface area (Å²) in [6.45, 7) is 11.1. The highest BCUT2D eigenvalue weighted by Crippen LogP contribution is 2.29. The second-order valence-corrected chi connectivity index (χ2v) is 7.05. The van der Waals surface area contributed by atoms with Crippen LogP contribution in [0.3, 0.4) is 0 Å². The number of aryl methyl sites for hydroxylation is 3. The lowest BCUT2D eigenvalue weighted by Gasteiger charge is -2.37. The van der Waals surface area contributed by atoms with Crippen LogP contribution in [0.25, 0.3) is 10.9 Å². The van der Waals surface area contributed by atoms with Crippen molar-refractivity contribution in [2.45, 2.75) is 40.7 Å². The first-order valence-electron chi connectivity index (χ1n) is 8.50. The number of hydrogen-bond donors (Lipinski definition) is 2. The monoisotopic (exact) mass is 327 g/mol. The van der Waals surface area contributed by atoms with Crippen molar-refractivity contribution in [2.24, 2.45) is 5.92 Å². The summed E-state index contributed by atoms with van der Waals surface area (Å²) in [5, 5.41) is 3.98. The molecule has 1 aromatic carbocycles. The van der Waals surface area contributed by atoms with Gasteiger partial charge < -0.3 is 15.2 Å². The largest absolute Gasteiger partial charge is 0.353 e. The molecule has 0 bridgehead atoms. The first kappa shape index (κ1) is 16.6. The van der Waals surface area contributed by atoms with Gasteiger partial charge in [-0.25, -0.2) is 0 Å². The molecule has 24 heavy (non-hydrogen) atoms. The molecule has 1 fully saturated rings. The van der Waals surface area contributed by atoms with Gasteiger partial charge in [0.15, 0.2) is 0 Å². The van der Waals surface area contributed by atoms with Crippen molar-refractivity contribution < 1.29 is 9.59 Å². The summed E-state index contributed by atoms with van der Waals surface area (Å²) in [5.74, 6) is -0.0795. The standard InChI is InChI=1S/C19H25N3O2/c1-10(2)17-18(23)20-8-9-22(17)19(24)16-13(5)14-11(3)6-7-12(4)15(14)21-16/h6-7,10,17,21H,8-9H2,1-5H3,(H,20,23). The Morgan fingerprint density at radius 1 is 1.21 bits per heavy atom. The third kappa shape index (κ3) is 2.48. The average Bonchev–Trinajstić information content (AvgIpc) is 2.88. The summed E-state index contributed by atoms with van der Waals surface area (Å²) in [4.78, 5) is 30.5. The van der Waals surface area contributed by atoms with E-state index in [1.54, 1.807) is 4.90 Å². The zero-order valence-corrected chi connectivity index (χ0v) is 15.0. The average molecular weight is 327 g/mol. The van der Waals surface area contributed by atoms with E-state index in [-0.39, 0.29) is 17.7 Å². The number of piperazine rings is 1. The van der Waals surface area contributed by atoms with E-state index in [1.807, 2.05) is 27.7 Å². The van der Waals surface area contributed by atoms with E-state index in [0.717, 1.165) is 27.6 Å². The Labute approximate surface area is 142 Å². The molecular formula is C19H25N3O2. The van der Waals surface area contributed by atoms with Crippen LogP contribution in [-0.4, -0.2) is 40.8 Å². The first-order valence-corrected chi connectivity index (χ1v) is 8.50. The molecule has 3 rings (SSSR count). The summed E-state index contributed by atoms with van der Waals surface area (Å²) in [7, 11) is 0. The predicted molar refractivity (Wildman–Crippen MR) is 95.2 cm³/mol. The van der Waals surface area contributed by atoms with Gasteiger partial charge in [-0.1, -0.05) is 26.0 Å². The molecule has 1 atom stereocenters. The van der Waals surface area contributed by atoms with Crippen LogP contribution in [0.4, 0.5) is 0 Å². The lowest BCUT2D eigenvalue weighted by atomic mass is 9.98. The fraction of sp³-hybridized carbons (Fsp3) is 0.474. The van der Waals surface area contributed by atoms with Crippen LogP contribution < -0.4 is 5.32 Å². The van der Waals surface area contributed by atoms with E-state index < -0.39 is 6.04 Å². The molecule has 1 unspecified atom stereocenters. The van der Waals surface area contributed by atoms with Gasteiger partial charge in [0.05, 0.1) is 0 Å². The molecule has 2 aromatic rings. The van der Waals surface area contributed by atoms with Crippen molar-refractivity contribution in [1.29, 1.82) is 0 Å². The normalized spacial score (nSPS) is 18.3. The number of amides is 2. The smallest absolute Gasteiger partial charge is 0.271 e. The van der Waals surface area contributed by atoms with Gasteiger partial charge in [0.1, 0.15) is 11.7 Å². The van der Waals surface area contributed by atoms with Gasteiger partial charge in [0, 0.05) is 24.0 Å². The molecule has 128 valence electrons. The molecule has 1 aliphatic heterocycles. The quantitative estimate of drug-likeness (QED) is 0.891. The number of fused-ring (bicyclic) bond motifs is 1. The van der Waals surface area contributed by atoms with Crippen LogP contribution in [0.15, 0.2) is 12.1 Å². The SMILES string of the molecule is Cc1ccc(C)c2c(C)c(C(=O)N3CCNC(=O)C3C(C)C)[nH]c12. The summed E-state index contributed by atoms with van der Waals surface area (Å²) >= 11 is 0. The minimum atomic E-state index is -0.417. The maximum absolute atomic E-state index is 13.2. The van der Waals surface area contributed by atoms with Crippen molar-refractivity contribution in [2.75, 3.05) is 13.1 Å². The van der Waals surface area contributed by atoms with Crippen LogP contribution in [0.2, 0.25) is 0 Å². The minimum Gasteiger partial charge on any atom is -0.353 e. The van der Waals surface area contributed by atoms with Gasteiger partial charge in [-0.3, -0.25) is 9.59 Å². The number of benzene rings is 1. The van der Waals surface area contributed by atoms with E-state index in [0.29, 0.717) is 18.8 Å². The van der Waals surface area contributed by atoms with Crippen molar-refractivity contribution >= 4 is 22.7 Å². The fourth-order valence-corrected chi connectivity index (χ4v) is 3.73. The lowest BCUT2D eigenvalue weighted by Crippen LogP contribution is -2.59. The van der Waals surface area contributed by atoms with E-state index in [4.69, 9.17) is 0 Å². The van der Waals surface area contributed by atoms with Crippen LogP contribution in [0.1, 0.15) is 41.0 Å². The Morgan fingerprint density at radius 2 is 1.88 bits per heavy atom. The molecule has 0 aliphatic carbocycles. The highest BCUT2D eigenvalue weighted by molar-refractivity contribution is 6.04. The maximum Gasteiger partial charge on any atom is 0.271 e. The number of nitrogens with one attached hydrogen (secondary N) is 2. The Hall–Kier alpha value is -2.30. The number of aromatic nitrogens is 1. The van der Waals surface area contributed by atoms with Crippen LogP contribution in [-0.2, 0) is 4.79 Å². The highest BCUT2D eigenvalue weighted by Gasteiger charge is 2.36. The van der Waals surface area contributed by atoms with Gasteiger partial charge in [0.25, 0.3) is 5.91 Å². The Morgan fingerprint density at radius 3 is 2.50 bits per heavy atom. The second-order valence-electron chi connectivity index (χ2n) is 7.05. The topological polar surface area (TPSA) is 65.2 Å². The zero-order valence-electron chi connectivity index (χ0n) is 15.0. The molecule has 1 aromatic heterocycles. The molecule has 2 N–H and O–H groups in total. The molecule has 5 heteroatoms. The molecule has 0 spiro atoms. The van der Waals surface area contributed by atoms with Gasteiger partial charge in [-0.05, 0) is 43.4 Å². The third-order valence-corrected chi connectivity index (χ3v) is 4.98. The number of rotatable bonds is 2. The molecule has 0 radical (unpaired) electrons. The van der Waals surface area contributed by atoms with Gasteiger partial charge >= 0.3 is 0 Å². The lowest BCUT2D eigenvalue weighted by molar-refractivity contribution is -0.129. The third-order valence-electron chi connectivity index (χ3n) is 4.98. The molecule has 2 heterocycles. The summed E-state index contributed by atoms with van der Waals surface area (Å²) in [6, 6.07) is 3.73. The number of H-pyrrole nitrogens is 1. The number of carbonyl (C=O) groups excluding carboxylic acids is 2. The van der Waals surface area contributed by atoms with Gasteiger partial charge in [-0.2, -0.15) is 0 Å². The number of hydrogen-bond acceptors (Lipinski definition) is 2. The van der Waals surface area contributed by atoms with Gasteiger partial charge in [-0.15, -0.1) is 0 Å². The fourth-order valence-electron chi connectivity index (χ4n) is 3.73. The first-order chi connectivity index (χ1) is 11.3. The van der Waals surface area contributed by atoms with Gasteiger partial charge in [0.2, 0.25) is 5.91 Å². The maximum atomic E-state index is 13.2. The number of carbonyl (C=O) groups is 2. The Kier molecular flexibility index (Phi) is 4.11. The summed E-state index contributed by atoms with van der Waals surface area (Å²) in [6.07, 6.45) is 0. The van der Waals surface area contributed by atoms with E-state index in [9.17, 15) is 9.59 Å². The molecule has 1 saturated heterocycles. The molecule has 1 aliphatic rings. The van der Waals surface area contributed by atoms with Crippen molar-refractivity contribution in [1.82, 2.24) is 15.2 Å². The minimum absolute atomic E-state index is 0.0641. The molecule has 2 amide bonds. The molecule has 5 nitrogen and oxygen atoms in total. The Balaban J connectivity index is 2.08. The number of nitrogens with zero attached hydrogens (tertiary/aromatic N) is 1. The second kappa shape index (κ2) is 5.96. The zero-order chi connectivity index (χ0) is 17.6. The van der Waals surface area contributed by atoms with E-state index in [1.165, 1.54) is 0 Å². The van der Waals surface area contributed by atoms with E-state index >= 15 is 0 Å². The Bertz CT molecular complexity index is 820. The van der Waals surface area contributed by atoms with E-state index in [2.05, 4.69) is 29.4 Å².